The predicted octanol–water partition coefficient (Wildman–Crippen LogP) is 4.91. The highest BCUT2D eigenvalue weighted by atomic mass is 35.5. The third-order valence-corrected chi connectivity index (χ3v) is 5.80. The molecule has 0 bridgehead atoms. The zero-order valence-electron chi connectivity index (χ0n) is 14.5. The number of hydrogen-bond donors (Lipinski definition) is 1. The Morgan fingerprint density at radius 2 is 1.88 bits per heavy atom. The van der Waals surface area contributed by atoms with Crippen LogP contribution in [0.25, 0.3) is 0 Å². The Hall–Kier alpha value is -1.39. The molecule has 25 heavy (non-hydrogen) atoms. The van der Waals surface area contributed by atoms with E-state index in [1.165, 1.54) is 6.92 Å². The normalized spacial score (nSPS) is 19.1. The summed E-state index contributed by atoms with van der Waals surface area (Å²) in [5, 5.41) is 9.35. The summed E-state index contributed by atoms with van der Waals surface area (Å²) in [4.78, 5) is 35.4. The van der Waals surface area contributed by atoms with E-state index >= 15 is 0 Å². The van der Waals surface area contributed by atoms with Crippen LogP contribution in [0, 0.1) is 5.41 Å². The summed E-state index contributed by atoms with van der Waals surface area (Å²) < 4.78 is 0. The van der Waals surface area contributed by atoms with E-state index < -0.39 is 11.4 Å². The number of carboxylic acid groups (broad SMARTS) is 1. The molecule has 136 valence electrons. The van der Waals surface area contributed by atoms with Crippen LogP contribution in [0.5, 0.6) is 0 Å². The molecular formula is C19H22Cl2O4. The van der Waals surface area contributed by atoms with Crippen molar-refractivity contribution in [2.24, 2.45) is 5.41 Å². The van der Waals surface area contributed by atoms with Crippen molar-refractivity contribution in [3.63, 3.8) is 0 Å². The first kappa shape index (κ1) is 19.9. The molecule has 1 unspecified atom stereocenters. The second-order valence-electron chi connectivity index (χ2n) is 6.83. The second-order valence-corrected chi connectivity index (χ2v) is 7.59. The number of fused-ring (bicyclic) bond motifs is 1. The minimum absolute atomic E-state index is 0.0396. The van der Waals surface area contributed by atoms with Crippen molar-refractivity contribution in [3.05, 3.63) is 32.8 Å². The van der Waals surface area contributed by atoms with Crippen LogP contribution in [0.4, 0.5) is 0 Å². The Morgan fingerprint density at radius 3 is 2.44 bits per heavy atom. The van der Waals surface area contributed by atoms with Crippen molar-refractivity contribution in [1.29, 1.82) is 0 Å². The van der Waals surface area contributed by atoms with Crippen molar-refractivity contribution in [2.45, 2.75) is 58.8 Å². The minimum Gasteiger partial charge on any atom is -0.481 e. The monoisotopic (exact) mass is 384 g/mol. The Bertz CT molecular complexity index is 727. The van der Waals surface area contributed by atoms with E-state index in [9.17, 15) is 14.4 Å². The highest BCUT2D eigenvalue weighted by molar-refractivity contribution is 6.45. The first-order valence-electron chi connectivity index (χ1n) is 8.47. The van der Waals surface area contributed by atoms with E-state index in [0.717, 1.165) is 12.0 Å². The lowest BCUT2D eigenvalue weighted by Gasteiger charge is -2.26. The number of aryl methyl sites for hydroxylation is 1. The van der Waals surface area contributed by atoms with Crippen LogP contribution in [-0.4, -0.2) is 22.6 Å². The quantitative estimate of drug-likeness (QED) is 0.691. The van der Waals surface area contributed by atoms with E-state index in [1.54, 1.807) is 0 Å². The average molecular weight is 385 g/mol. The lowest BCUT2D eigenvalue weighted by atomic mass is 9.75. The van der Waals surface area contributed by atoms with E-state index in [1.807, 2.05) is 13.0 Å². The maximum Gasteiger partial charge on any atom is 0.303 e. The van der Waals surface area contributed by atoms with Gasteiger partial charge in [-0.05, 0) is 43.7 Å². The van der Waals surface area contributed by atoms with Gasteiger partial charge >= 0.3 is 5.97 Å². The minimum atomic E-state index is -0.912. The number of ketones is 2. The maximum atomic E-state index is 13.1. The van der Waals surface area contributed by atoms with Gasteiger partial charge in [0.15, 0.2) is 5.78 Å². The molecule has 0 aliphatic heterocycles. The van der Waals surface area contributed by atoms with Crippen LogP contribution in [0.1, 0.15) is 67.4 Å². The molecular weight excluding hydrogens is 363 g/mol. The fourth-order valence-corrected chi connectivity index (χ4v) is 4.25. The molecule has 0 spiro atoms. The Balaban J connectivity index is 2.42. The van der Waals surface area contributed by atoms with Crippen molar-refractivity contribution < 1.29 is 19.5 Å². The number of hydrogen-bond acceptors (Lipinski definition) is 3. The van der Waals surface area contributed by atoms with E-state index in [-0.39, 0.29) is 34.5 Å². The van der Waals surface area contributed by atoms with Gasteiger partial charge in [-0.3, -0.25) is 9.59 Å². The molecule has 1 aromatic rings. The Morgan fingerprint density at radius 1 is 1.20 bits per heavy atom. The Kier molecular flexibility index (Phi) is 6.28. The zero-order valence-corrected chi connectivity index (χ0v) is 16.0. The first-order chi connectivity index (χ1) is 11.7. The summed E-state index contributed by atoms with van der Waals surface area (Å²) in [6, 6.07) is 1.82. The molecule has 0 heterocycles. The third-order valence-electron chi connectivity index (χ3n) is 4.89. The molecule has 0 fully saturated rings. The van der Waals surface area contributed by atoms with E-state index in [2.05, 4.69) is 0 Å². The number of aliphatic carboxylic acids is 1. The Labute approximate surface area is 157 Å². The predicted molar refractivity (Wildman–Crippen MR) is 97.7 cm³/mol. The molecule has 1 N–H and O–H groups in total. The molecule has 0 saturated carbocycles. The smallest absolute Gasteiger partial charge is 0.303 e. The van der Waals surface area contributed by atoms with Gasteiger partial charge in [-0.2, -0.15) is 0 Å². The van der Waals surface area contributed by atoms with Crippen molar-refractivity contribution in [3.8, 4) is 0 Å². The molecule has 4 nitrogen and oxygen atoms in total. The third kappa shape index (κ3) is 4.06. The van der Waals surface area contributed by atoms with Crippen LogP contribution < -0.4 is 0 Å². The summed E-state index contributed by atoms with van der Waals surface area (Å²) in [6.45, 7) is 3.54. The van der Waals surface area contributed by atoms with Gasteiger partial charge in [0.05, 0.1) is 10.0 Å². The van der Waals surface area contributed by atoms with Crippen LogP contribution in [-0.2, 0) is 22.4 Å². The fourth-order valence-electron chi connectivity index (χ4n) is 3.68. The van der Waals surface area contributed by atoms with E-state index in [0.29, 0.717) is 36.8 Å². The largest absolute Gasteiger partial charge is 0.481 e. The number of halogens is 2. The number of carboxylic acids is 1. The fraction of sp³-hybridized carbons (Fsp3) is 0.526. The summed E-state index contributed by atoms with van der Waals surface area (Å²) in [7, 11) is 0. The second kappa shape index (κ2) is 7.88. The summed E-state index contributed by atoms with van der Waals surface area (Å²) in [5.74, 6) is -0.890. The number of rotatable bonds is 8. The molecule has 1 aromatic carbocycles. The lowest BCUT2D eigenvalue weighted by molar-refractivity contribution is -0.137. The van der Waals surface area contributed by atoms with Gasteiger partial charge in [-0.1, -0.05) is 42.6 Å². The van der Waals surface area contributed by atoms with Crippen LogP contribution >= 0.6 is 23.2 Å². The molecule has 0 aromatic heterocycles. The number of Topliss-reactive ketones (excluding diaryl/α,β-unsaturated/α-hetero) is 2. The zero-order chi connectivity index (χ0) is 18.8. The molecule has 1 atom stereocenters. The molecule has 0 amide bonds. The molecule has 1 aliphatic carbocycles. The summed E-state index contributed by atoms with van der Waals surface area (Å²) in [6.07, 6.45) is 3.12. The molecule has 6 heteroatoms. The number of benzene rings is 1. The standard InChI is InChI=1S/C19H22Cl2O4/c1-3-7-19(8-6-11(2)22)10-13-9-12(4-5-14(23)24)16(20)17(21)15(13)18(19)25/h9H,3-8,10H2,1-2H3,(H,23,24). The van der Waals surface area contributed by atoms with Crippen LogP contribution in [0.15, 0.2) is 6.07 Å². The van der Waals surface area contributed by atoms with Gasteiger partial charge in [0.25, 0.3) is 0 Å². The SMILES string of the molecule is CCCC1(CCC(C)=O)Cc2cc(CCC(=O)O)c(Cl)c(Cl)c2C1=O. The van der Waals surface area contributed by atoms with Crippen molar-refractivity contribution in [1.82, 2.24) is 0 Å². The topological polar surface area (TPSA) is 71.4 Å². The van der Waals surface area contributed by atoms with Gasteiger partial charge in [0, 0.05) is 23.8 Å². The molecule has 0 radical (unpaired) electrons. The van der Waals surface area contributed by atoms with E-state index in [4.69, 9.17) is 28.3 Å². The van der Waals surface area contributed by atoms with Gasteiger partial charge in [-0.15, -0.1) is 0 Å². The van der Waals surface area contributed by atoms with Crippen molar-refractivity contribution >= 4 is 40.7 Å². The van der Waals surface area contributed by atoms with Gasteiger partial charge in [0.2, 0.25) is 0 Å². The first-order valence-corrected chi connectivity index (χ1v) is 9.23. The van der Waals surface area contributed by atoms with Gasteiger partial charge in [-0.25, -0.2) is 0 Å². The maximum absolute atomic E-state index is 13.1. The van der Waals surface area contributed by atoms with Gasteiger partial charge < -0.3 is 9.90 Å². The summed E-state index contributed by atoms with van der Waals surface area (Å²) >= 11 is 12.7. The van der Waals surface area contributed by atoms with Crippen LogP contribution in [0.2, 0.25) is 10.0 Å². The average Bonchev–Trinajstić information content (AvgIpc) is 2.80. The van der Waals surface area contributed by atoms with Crippen molar-refractivity contribution in [2.75, 3.05) is 0 Å². The van der Waals surface area contributed by atoms with Gasteiger partial charge in [0.1, 0.15) is 5.78 Å². The van der Waals surface area contributed by atoms with Crippen LogP contribution in [0.3, 0.4) is 0 Å². The molecule has 1 aliphatic rings. The molecule has 0 saturated heterocycles. The highest BCUT2D eigenvalue weighted by Gasteiger charge is 2.46. The lowest BCUT2D eigenvalue weighted by Crippen LogP contribution is -2.28. The number of carbonyl (C=O) groups excluding carboxylic acids is 2. The summed E-state index contributed by atoms with van der Waals surface area (Å²) in [5.41, 5.74) is 1.31. The highest BCUT2D eigenvalue weighted by Crippen LogP contribution is 2.48. The molecule has 2 rings (SSSR count). The number of carbonyl (C=O) groups is 3.